The number of hydrazone groups is 4. The molecule has 4 heterocycles. The molecule has 0 saturated carbocycles. The minimum atomic E-state index is -0.794. The maximum Gasteiger partial charge on any atom is 0.256 e. The Hall–Kier alpha value is -7.34. The van der Waals surface area contributed by atoms with Crippen molar-refractivity contribution in [3.63, 3.8) is 0 Å². The van der Waals surface area contributed by atoms with Crippen molar-refractivity contribution in [2.24, 2.45) is 44.1 Å². The van der Waals surface area contributed by atoms with Gasteiger partial charge >= 0.3 is 0 Å². The third kappa shape index (κ3) is 6.50. The lowest BCUT2D eigenvalue weighted by Gasteiger charge is -2.31. The summed E-state index contributed by atoms with van der Waals surface area (Å²) in [6, 6.07) is 44.6. The highest BCUT2D eigenvalue weighted by Gasteiger charge is 2.52. The standard InChI is InChI=1S/C48H42N8O4/c1-29-39(45(57)53(49-29)35-17-9-5-10-18-35)43(40-30(2)50-54(46(40)58)36-19-11-6-12-20-36)33-25-27-34(28-26-33)44(41-31(3)51-55(47(41)59)37-21-13-7-14-22-37)42-32(4)52-56(48(42)60)38-23-15-8-16-24-38/h5-28,39-44H,1-4H3/t39-,40-,41-,42+,44?/m1/s1. The number of anilines is 4. The molecule has 0 aliphatic carbocycles. The summed E-state index contributed by atoms with van der Waals surface area (Å²) >= 11 is 0. The van der Waals surface area contributed by atoms with Crippen LogP contribution in [0.1, 0.15) is 50.7 Å². The van der Waals surface area contributed by atoms with Gasteiger partial charge in [-0.05, 0) is 87.4 Å². The molecule has 60 heavy (non-hydrogen) atoms. The predicted molar refractivity (Wildman–Crippen MR) is 234 cm³/mol. The summed E-state index contributed by atoms with van der Waals surface area (Å²) in [6.07, 6.45) is 0. The van der Waals surface area contributed by atoms with Crippen LogP contribution in [-0.2, 0) is 19.2 Å². The monoisotopic (exact) mass is 794 g/mol. The minimum absolute atomic E-state index is 0.252. The van der Waals surface area contributed by atoms with E-state index in [2.05, 4.69) is 0 Å². The second-order valence-corrected chi connectivity index (χ2v) is 15.5. The van der Waals surface area contributed by atoms with Crippen LogP contribution in [0.3, 0.4) is 0 Å². The van der Waals surface area contributed by atoms with Gasteiger partial charge in [-0.2, -0.15) is 20.4 Å². The van der Waals surface area contributed by atoms with Gasteiger partial charge in [0.2, 0.25) is 0 Å². The predicted octanol–water partition coefficient (Wildman–Crippen LogP) is 8.01. The molecule has 12 heteroatoms. The molecule has 0 fully saturated rings. The molecule has 4 amide bonds. The number of carbonyl (C=O) groups excluding carboxylic acids is 4. The molecule has 1 unspecified atom stereocenters. The van der Waals surface area contributed by atoms with E-state index >= 15 is 0 Å². The first kappa shape index (κ1) is 38.2. The maximum absolute atomic E-state index is 14.6. The molecule has 9 rings (SSSR count). The van der Waals surface area contributed by atoms with Crippen LogP contribution in [0.4, 0.5) is 22.7 Å². The van der Waals surface area contributed by atoms with Gasteiger partial charge in [0.05, 0.1) is 46.4 Å². The van der Waals surface area contributed by atoms with Crippen molar-refractivity contribution in [3.05, 3.63) is 157 Å². The first-order valence-electron chi connectivity index (χ1n) is 20.0. The Morgan fingerprint density at radius 2 is 0.533 bits per heavy atom. The van der Waals surface area contributed by atoms with Crippen molar-refractivity contribution < 1.29 is 19.2 Å². The number of hydrogen-bond donors (Lipinski definition) is 0. The Balaban J connectivity index is 1.13. The summed E-state index contributed by atoms with van der Waals surface area (Å²) in [4.78, 5) is 58.2. The topological polar surface area (TPSA) is 131 Å². The van der Waals surface area contributed by atoms with Gasteiger partial charge in [0.15, 0.2) is 0 Å². The van der Waals surface area contributed by atoms with Gasteiger partial charge in [-0.3, -0.25) is 19.2 Å². The molecule has 0 radical (unpaired) electrons. The van der Waals surface area contributed by atoms with Gasteiger partial charge in [0.1, 0.15) is 0 Å². The number of rotatable bonds is 10. The molecule has 0 N–H and O–H groups in total. The minimum Gasteiger partial charge on any atom is -0.272 e. The SMILES string of the molecule is CC1=NN(c2ccccc2)C(=O)[C@H]1C(c1ccc(C([C@@H]2C(=O)N(c3ccccc3)N=C2C)[C@H]2C(=O)N(c3ccccc3)N=C2C)cc1)[C@@H]1C(=O)N(c2ccccc2)N=C1C. The van der Waals surface area contributed by atoms with Gasteiger partial charge in [0.25, 0.3) is 23.6 Å². The zero-order valence-corrected chi connectivity index (χ0v) is 33.5. The van der Waals surface area contributed by atoms with Gasteiger partial charge in [-0.15, -0.1) is 0 Å². The second kappa shape index (κ2) is 15.4. The molecule has 0 saturated heterocycles. The normalized spacial score (nSPS) is 22.1. The fraction of sp³-hybridized carbons (Fsp3) is 0.208. The van der Waals surface area contributed by atoms with Gasteiger partial charge < -0.3 is 0 Å². The van der Waals surface area contributed by atoms with Crippen molar-refractivity contribution in [1.82, 2.24) is 0 Å². The summed E-state index contributed by atoms with van der Waals surface area (Å²) < 4.78 is 0. The molecular formula is C48H42N8O4. The van der Waals surface area contributed by atoms with E-state index in [1.807, 2.05) is 173 Å². The summed E-state index contributed by atoms with van der Waals surface area (Å²) in [5, 5.41) is 24.6. The molecular weight excluding hydrogens is 753 g/mol. The molecule has 5 aromatic rings. The lowest BCUT2D eigenvalue weighted by Crippen LogP contribution is -2.41. The molecule has 0 spiro atoms. The Labute approximate surface area is 347 Å². The first-order valence-corrected chi connectivity index (χ1v) is 20.0. The Bertz CT molecular complexity index is 2270. The molecule has 5 atom stereocenters. The highest BCUT2D eigenvalue weighted by molar-refractivity contribution is 6.21. The van der Waals surface area contributed by atoms with E-state index in [0.717, 1.165) is 0 Å². The maximum atomic E-state index is 14.6. The van der Waals surface area contributed by atoms with E-state index in [9.17, 15) is 19.2 Å². The average Bonchev–Trinajstić information content (AvgIpc) is 3.95. The summed E-state index contributed by atoms with van der Waals surface area (Å²) in [5.41, 5.74) is 6.22. The Kier molecular flexibility index (Phi) is 9.83. The van der Waals surface area contributed by atoms with Crippen molar-refractivity contribution in [2.45, 2.75) is 39.5 Å². The van der Waals surface area contributed by atoms with Crippen LogP contribution in [0, 0.1) is 23.7 Å². The smallest absolute Gasteiger partial charge is 0.256 e. The van der Waals surface area contributed by atoms with E-state index in [1.54, 1.807) is 0 Å². The molecule has 0 aromatic heterocycles. The highest BCUT2D eigenvalue weighted by atomic mass is 16.2. The zero-order valence-electron chi connectivity index (χ0n) is 33.5. The zero-order chi connectivity index (χ0) is 41.7. The highest BCUT2D eigenvalue weighted by Crippen LogP contribution is 2.46. The van der Waals surface area contributed by atoms with E-state index < -0.39 is 35.5 Å². The van der Waals surface area contributed by atoms with Gasteiger partial charge in [-0.1, -0.05) is 97.1 Å². The van der Waals surface area contributed by atoms with Crippen LogP contribution in [0.5, 0.6) is 0 Å². The number of nitrogens with zero attached hydrogens (tertiary/aromatic N) is 8. The number of para-hydroxylation sites is 4. The molecule has 0 bridgehead atoms. The van der Waals surface area contributed by atoms with Crippen LogP contribution in [-0.4, -0.2) is 46.5 Å². The van der Waals surface area contributed by atoms with Crippen molar-refractivity contribution >= 4 is 69.2 Å². The van der Waals surface area contributed by atoms with Gasteiger partial charge in [-0.25, -0.2) is 20.0 Å². The lowest BCUT2D eigenvalue weighted by molar-refractivity contribution is -0.124. The van der Waals surface area contributed by atoms with Crippen LogP contribution in [0.15, 0.2) is 166 Å². The first-order chi connectivity index (χ1) is 29.1. The Morgan fingerprint density at radius 3 is 0.733 bits per heavy atom. The molecule has 4 aliphatic rings. The third-order valence-electron chi connectivity index (χ3n) is 11.9. The lowest BCUT2D eigenvalue weighted by atomic mass is 9.70. The van der Waals surface area contributed by atoms with Crippen molar-refractivity contribution in [3.8, 4) is 0 Å². The molecule has 12 nitrogen and oxygen atoms in total. The fourth-order valence-corrected chi connectivity index (χ4v) is 9.08. The van der Waals surface area contributed by atoms with Crippen LogP contribution < -0.4 is 20.0 Å². The fourth-order valence-electron chi connectivity index (χ4n) is 9.08. The van der Waals surface area contributed by atoms with Crippen LogP contribution in [0.25, 0.3) is 0 Å². The van der Waals surface area contributed by atoms with Crippen LogP contribution >= 0.6 is 0 Å². The molecule has 4 aliphatic heterocycles. The van der Waals surface area contributed by atoms with Crippen molar-refractivity contribution in [2.75, 3.05) is 20.0 Å². The van der Waals surface area contributed by atoms with E-state index in [1.165, 1.54) is 20.0 Å². The quantitative estimate of drug-likeness (QED) is 0.142. The van der Waals surface area contributed by atoms with Crippen LogP contribution in [0.2, 0.25) is 0 Å². The number of carbonyl (C=O) groups is 4. The average molecular weight is 795 g/mol. The molecule has 5 aromatic carbocycles. The van der Waals surface area contributed by atoms with E-state index in [4.69, 9.17) is 20.4 Å². The second-order valence-electron chi connectivity index (χ2n) is 15.5. The third-order valence-corrected chi connectivity index (χ3v) is 11.9. The van der Waals surface area contributed by atoms with E-state index in [0.29, 0.717) is 56.7 Å². The molecule has 298 valence electrons. The van der Waals surface area contributed by atoms with E-state index in [-0.39, 0.29) is 23.6 Å². The van der Waals surface area contributed by atoms with Crippen molar-refractivity contribution in [1.29, 1.82) is 0 Å². The summed E-state index contributed by atoms with van der Waals surface area (Å²) in [7, 11) is 0. The number of benzene rings is 5. The summed E-state index contributed by atoms with van der Waals surface area (Å²) in [5.74, 6) is -5.57. The summed E-state index contributed by atoms with van der Waals surface area (Å²) in [6.45, 7) is 7.29. The van der Waals surface area contributed by atoms with Gasteiger partial charge in [0, 0.05) is 34.7 Å². The largest absolute Gasteiger partial charge is 0.272 e. The Morgan fingerprint density at radius 1 is 0.333 bits per heavy atom. The number of amides is 4. The number of hydrogen-bond acceptors (Lipinski definition) is 8.